The van der Waals surface area contributed by atoms with Crippen LogP contribution >= 0.6 is 0 Å². The number of aliphatic hydroxyl groups is 1. The van der Waals surface area contributed by atoms with E-state index in [4.69, 9.17) is 0 Å². The molecule has 0 aliphatic heterocycles. The maximum Gasteiger partial charge on any atom is 0.315 e. The van der Waals surface area contributed by atoms with Gasteiger partial charge in [-0.2, -0.15) is 0 Å². The minimum atomic E-state index is -0.540. The topological polar surface area (TPSA) is 104 Å². The molecule has 0 aliphatic carbocycles. The van der Waals surface area contributed by atoms with Crippen LogP contribution in [0.1, 0.15) is 17.2 Å². The lowest BCUT2D eigenvalue weighted by Gasteiger charge is -2.17. The number of rotatable bonds is 6. The van der Waals surface area contributed by atoms with Gasteiger partial charge in [0, 0.05) is 11.6 Å². The molecule has 7 nitrogen and oxygen atoms in total. The van der Waals surface area contributed by atoms with E-state index < -0.39 is 17.0 Å². The second-order valence-electron chi connectivity index (χ2n) is 4.86. The first-order chi connectivity index (χ1) is 11.1. The molecule has 0 aliphatic rings. The van der Waals surface area contributed by atoms with Gasteiger partial charge in [-0.25, -0.2) is 4.79 Å². The van der Waals surface area contributed by atoms with Gasteiger partial charge in [-0.3, -0.25) is 10.1 Å². The highest BCUT2D eigenvalue weighted by Gasteiger charge is 2.15. The van der Waals surface area contributed by atoms with Gasteiger partial charge in [-0.15, -0.1) is 0 Å². The van der Waals surface area contributed by atoms with Crippen LogP contribution in [0.3, 0.4) is 0 Å². The van der Waals surface area contributed by atoms with Crippen LogP contribution in [0, 0.1) is 10.1 Å². The van der Waals surface area contributed by atoms with Crippen molar-refractivity contribution in [1.82, 2.24) is 10.6 Å². The molecule has 2 amide bonds. The fourth-order valence-electron chi connectivity index (χ4n) is 2.14. The van der Waals surface area contributed by atoms with Crippen LogP contribution in [-0.2, 0) is 6.54 Å². The number of nitrogens with one attached hydrogen (secondary N) is 2. The van der Waals surface area contributed by atoms with E-state index in [2.05, 4.69) is 10.6 Å². The molecule has 1 unspecified atom stereocenters. The predicted octanol–water partition coefficient (Wildman–Crippen LogP) is 2.13. The van der Waals surface area contributed by atoms with Gasteiger partial charge in [0.25, 0.3) is 5.69 Å². The summed E-state index contributed by atoms with van der Waals surface area (Å²) < 4.78 is 0. The first-order valence-electron chi connectivity index (χ1n) is 7.04. The summed E-state index contributed by atoms with van der Waals surface area (Å²) >= 11 is 0. The smallest absolute Gasteiger partial charge is 0.315 e. The van der Waals surface area contributed by atoms with Crippen molar-refractivity contribution in [3.05, 3.63) is 75.8 Å². The average molecular weight is 315 g/mol. The van der Waals surface area contributed by atoms with Gasteiger partial charge in [0.1, 0.15) is 0 Å². The molecular weight excluding hydrogens is 298 g/mol. The van der Waals surface area contributed by atoms with E-state index in [0.29, 0.717) is 5.56 Å². The van der Waals surface area contributed by atoms with Gasteiger partial charge < -0.3 is 15.7 Å². The summed E-state index contributed by atoms with van der Waals surface area (Å²) in [4.78, 5) is 22.4. The molecule has 3 N–H and O–H groups in total. The molecule has 7 heteroatoms. The Bertz CT molecular complexity index is 676. The molecule has 0 aromatic heterocycles. The van der Waals surface area contributed by atoms with Crippen LogP contribution in [0.4, 0.5) is 10.5 Å². The Kier molecular flexibility index (Phi) is 5.65. The maximum atomic E-state index is 11.9. The summed E-state index contributed by atoms with van der Waals surface area (Å²) in [5, 5.41) is 25.5. The highest BCUT2D eigenvalue weighted by molar-refractivity contribution is 5.74. The largest absolute Gasteiger partial charge is 0.394 e. The quantitative estimate of drug-likeness (QED) is 0.561. The van der Waals surface area contributed by atoms with E-state index in [1.54, 1.807) is 30.3 Å². The van der Waals surface area contributed by atoms with Crippen molar-refractivity contribution in [3.8, 4) is 0 Å². The van der Waals surface area contributed by atoms with E-state index in [0.717, 1.165) is 5.56 Å². The summed E-state index contributed by atoms with van der Waals surface area (Å²) in [6, 6.07) is 14.2. The van der Waals surface area contributed by atoms with Crippen LogP contribution in [0.15, 0.2) is 54.6 Å². The Balaban J connectivity index is 1.96. The lowest BCUT2D eigenvalue weighted by molar-refractivity contribution is -0.385. The zero-order chi connectivity index (χ0) is 16.7. The standard InChI is InChI=1S/C16H17N3O4/c20-11-14(12-6-2-1-3-7-12)18-16(21)17-10-13-8-4-5-9-15(13)19(22)23/h1-9,14,20H,10-11H2,(H2,17,18,21). The molecule has 0 fully saturated rings. The SMILES string of the molecule is O=C(NCc1ccccc1[N+](=O)[O-])NC(CO)c1ccccc1. The lowest BCUT2D eigenvalue weighted by atomic mass is 10.1. The van der Waals surface area contributed by atoms with Crippen molar-refractivity contribution >= 4 is 11.7 Å². The number of aliphatic hydroxyl groups excluding tert-OH is 1. The van der Waals surface area contributed by atoms with Crippen molar-refractivity contribution in [2.75, 3.05) is 6.61 Å². The van der Waals surface area contributed by atoms with Crippen molar-refractivity contribution in [2.45, 2.75) is 12.6 Å². The summed E-state index contributed by atoms with van der Waals surface area (Å²) in [6.45, 7) is -0.223. The molecule has 2 aromatic rings. The van der Waals surface area contributed by atoms with Gasteiger partial charge in [0.2, 0.25) is 0 Å². The normalized spacial score (nSPS) is 11.5. The van der Waals surface area contributed by atoms with Crippen LogP contribution in [-0.4, -0.2) is 22.7 Å². The van der Waals surface area contributed by atoms with Crippen molar-refractivity contribution in [3.63, 3.8) is 0 Å². The highest BCUT2D eigenvalue weighted by Crippen LogP contribution is 2.17. The first-order valence-corrected chi connectivity index (χ1v) is 7.04. The molecule has 1 atom stereocenters. The number of urea groups is 1. The van der Waals surface area contributed by atoms with E-state index in [1.807, 2.05) is 18.2 Å². The number of hydrogen-bond donors (Lipinski definition) is 3. The number of para-hydroxylation sites is 1. The van der Waals surface area contributed by atoms with E-state index in [-0.39, 0.29) is 18.8 Å². The third-order valence-electron chi connectivity index (χ3n) is 3.32. The minimum Gasteiger partial charge on any atom is -0.394 e. The Hall–Kier alpha value is -2.93. The molecule has 0 radical (unpaired) electrons. The van der Waals surface area contributed by atoms with Gasteiger partial charge in [0.05, 0.1) is 24.1 Å². The summed E-state index contributed by atoms with van der Waals surface area (Å²) in [5.74, 6) is 0. The van der Waals surface area contributed by atoms with Gasteiger partial charge in [-0.05, 0) is 5.56 Å². The second-order valence-corrected chi connectivity index (χ2v) is 4.86. The zero-order valence-electron chi connectivity index (χ0n) is 12.3. The van der Waals surface area contributed by atoms with Gasteiger partial charge in [-0.1, -0.05) is 48.5 Å². The monoisotopic (exact) mass is 315 g/mol. The molecule has 0 heterocycles. The summed E-state index contributed by atoms with van der Waals surface area (Å²) in [7, 11) is 0. The number of nitro groups is 1. The number of carbonyl (C=O) groups is 1. The zero-order valence-corrected chi connectivity index (χ0v) is 12.3. The Morgan fingerprint density at radius 2 is 1.78 bits per heavy atom. The number of hydrogen-bond acceptors (Lipinski definition) is 4. The highest BCUT2D eigenvalue weighted by atomic mass is 16.6. The molecule has 2 aromatic carbocycles. The summed E-state index contributed by atoms with van der Waals surface area (Å²) in [6.07, 6.45) is 0. The lowest BCUT2D eigenvalue weighted by Crippen LogP contribution is -2.38. The van der Waals surface area contributed by atoms with Crippen molar-refractivity contribution in [2.24, 2.45) is 0 Å². The molecule has 23 heavy (non-hydrogen) atoms. The molecule has 0 saturated heterocycles. The van der Waals surface area contributed by atoms with Crippen LogP contribution in [0.2, 0.25) is 0 Å². The molecule has 2 rings (SSSR count). The van der Waals surface area contributed by atoms with E-state index in [1.165, 1.54) is 6.07 Å². The first kappa shape index (κ1) is 16.4. The fraction of sp³-hybridized carbons (Fsp3) is 0.188. The number of nitro benzene ring substituents is 1. The number of carbonyl (C=O) groups excluding carboxylic acids is 1. The van der Waals surface area contributed by atoms with Crippen molar-refractivity contribution in [1.29, 1.82) is 0 Å². The number of amides is 2. The Labute approximate surface area is 133 Å². The average Bonchev–Trinajstić information content (AvgIpc) is 2.58. The van der Waals surface area contributed by atoms with E-state index in [9.17, 15) is 20.0 Å². The van der Waals surface area contributed by atoms with Crippen molar-refractivity contribution < 1.29 is 14.8 Å². The predicted molar refractivity (Wildman–Crippen MR) is 84.7 cm³/mol. The summed E-state index contributed by atoms with van der Waals surface area (Å²) in [5.41, 5.74) is 1.14. The molecule has 0 bridgehead atoms. The fourth-order valence-corrected chi connectivity index (χ4v) is 2.14. The molecule has 120 valence electrons. The number of benzene rings is 2. The molecule has 0 saturated carbocycles. The third-order valence-corrected chi connectivity index (χ3v) is 3.32. The maximum absolute atomic E-state index is 11.9. The molecule has 0 spiro atoms. The van der Waals surface area contributed by atoms with Crippen LogP contribution < -0.4 is 10.6 Å². The Morgan fingerprint density at radius 3 is 2.43 bits per heavy atom. The minimum absolute atomic E-state index is 0.0237. The Morgan fingerprint density at radius 1 is 1.13 bits per heavy atom. The molecular formula is C16H17N3O4. The van der Waals surface area contributed by atoms with E-state index >= 15 is 0 Å². The second kappa shape index (κ2) is 7.90. The van der Waals surface area contributed by atoms with Gasteiger partial charge >= 0.3 is 6.03 Å². The number of nitrogens with zero attached hydrogens (tertiary/aromatic N) is 1. The third kappa shape index (κ3) is 4.52. The van der Waals surface area contributed by atoms with Gasteiger partial charge in [0.15, 0.2) is 0 Å². The van der Waals surface area contributed by atoms with Crippen LogP contribution in [0.25, 0.3) is 0 Å². The van der Waals surface area contributed by atoms with Crippen LogP contribution in [0.5, 0.6) is 0 Å².